The summed E-state index contributed by atoms with van der Waals surface area (Å²) in [5, 5.41) is 3.43. The van der Waals surface area contributed by atoms with Crippen LogP contribution in [-0.2, 0) is 10.2 Å². The Balaban J connectivity index is 0.00000192. The van der Waals surface area contributed by atoms with Crippen LogP contribution in [0.1, 0.15) is 44.7 Å². The van der Waals surface area contributed by atoms with E-state index in [0.717, 1.165) is 38.2 Å². The lowest BCUT2D eigenvalue weighted by Crippen LogP contribution is -2.45. The number of carbonyl (C=O) groups excluding carboxylic acids is 1. The second-order valence-electron chi connectivity index (χ2n) is 7.62. The first-order valence-electron chi connectivity index (χ1n) is 8.13. The zero-order valence-corrected chi connectivity index (χ0v) is 15.3. The van der Waals surface area contributed by atoms with Gasteiger partial charge in [-0.15, -0.1) is 12.4 Å². The number of benzene rings is 1. The summed E-state index contributed by atoms with van der Waals surface area (Å²) in [6.07, 6.45) is 1.92. The van der Waals surface area contributed by atoms with Crippen LogP contribution in [0.2, 0.25) is 0 Å². The summed E-state index contributed by atoms with van der Waals surface area (Å²) >= 11 is 0. The van der Waals surface area contributed by atoms with Gasteiger partial charge in [0.2, 0.25) is 0 Å². The van der Waals surface area contributed by atoms with Crippen LogP contribution in [0.4, 0.5) is 10.5 Å². The van der Waals surface area contributed by atoms with Gasteiger partial charge in [-0.1, -0.05) is 17.7 Å². The number of piperidine rings is 1. The maximum absolute atomic E-state index is 12.6. The molecule has 1 spiro atoms. The molecule has 5 heteroatoms. The van der Waals surface area contributed by atoms with Crippen molar-refractivity contribution in [3.05, 3.63) is 29.3 Å². The van der Waals surface area contributed by atoms with Gasteiger partial charge in [-0.2, -0.15) is 0 Å². The molecular weight excluding hydrogens is 312 g/mol. The van der Waals surface area contributed by atoms with Crippen LogP contribution < -0.4 is 10.2 Å². The molecular formula is C18H27ClN2O2. The van der Waals surface area contributed by atoms with Crippen LogP contribution in [0.25, 0.3) is 0 Å². The number of nitrogens with zero attached hydrogens (tertiary/aromatic N) is 1. The Morgan fingerprint density at radius 3 is 2.52 bits per heavy atom. The molecule has 1 fully saturated rings. The number of aryl methyl sites for hydroxylation is 1. The minimum absolute atomic E-state index is 0. The number of amides is 1. The molecule has 1 N–H and O–H groups in total. The minimum Gasteiger partial charge on any atom is -0.443 e. The normalized spacial score (nSPS) is 19.2. The largest absolute Gasteiger partial charge is 0.443 e. The van der Waals surface area contributed by atoms with Crippen molar-refractivity contribution in [2.75, 3.05) is 24.5 Å². The third-order valence-corrected chi connectivity index (χ3v) is 4.65. The fourth-order valence-corrected chi connectivity index (χ4v) is 3.60. The molecule has 1 aromatic rings. The molecule has 2 aliphatic rings. The topological polar surface area (TPSA) is 41.6 Å². The molecule has 1 amide bonds. The smallest absolute Gasteiger partial charge is 0.414 e. The van der Waals surface area contributed by atoms with Gasteiger partial charge in [0, 0.05) is 12.0 Å². The van der Waals surface area contributed by atoms with Crippen LogP contribution in [-0.4, -0.2) is 31.3 Å². The Hall–Kier alpha value is -1.26. The lowest BCUT2D eigenvalue weighted by atomic mass is 9.74. The molecule has 0 aromatic heterocycles. The van der Waals surface area contributed by atoms with E-state index in [1.165, 1.54) is 11.1 Å². The number of halogens is 1. The van der Waals surface area contributed by atoms with Crippen molar-refractivity contribution >= 4 is 24.2 Å². The number of hydrogen-bond donors (Lipinski definition) is 1. The SMILES string of the molecule is Cc1ccc2c(c1)C1(CCNCC1)CN2C(=O)OC(C)(C)C.Cl. The molecule has 2 aliphatic heterocycles. The van der Waals surface area contributed by atoms with E-state index >= 15 is 0 Å². The fourth-order valence-electron chi connectivity index (χ4n) is 3.60. The highest BCUT2D eigenvalue weighted by Crippen LogP contribution is 2.46. The summed E-state index contributed by atoms with van der Waals surface area (Å²) in [6.45, 7) is 10.6. The van der Waals surface area contributed by atoms with Gasteiger partial charge >= 0.3 is 6.09 Å². The van der Waals surface area contributed by atoms with Crippen molar-refractivity contribution in [1.82, 2.24) is 5.32 Å². The van der Waals surface area contributed by atoms with E-state index in [1.807, 2.05) is 25.7 Å². The van der Waals surface area contributed by atoms with Crippen LogP contribution in [0.3, 0.4) is 0 Å². The van der Waals surface area contributed by atoms with Gasteiger partial charge in [-0.3, -0.25) is 4.90 Å². The van der Waals surface area contributed by atoms with Crippen molar-refractivity contribution in [3.8, 4) is 0 Å². The van der Waals surface area contributed by atoms with Gasteiger partial charge in [0.05, 0.1) is 5.69 Å². The van der Waals surface area contributed by atoms with Crippen LogP contribution in [0, 0.1) is 6.92 Å². The molecule has 0 radical (unpaired) electrons. The van der Waals surface area contributed by atoms with E-state index in [0.29, 0.717) is 0 Å². The zero-order valence-electron chi connectivity index (χ0n) is 14.4. The quantitative estimate of drug-likeness (QED) is 0.782. The molecule has 1 aromatic carbocycles. The number of fused-ring (bicyclic) bond motifs is 2. The predicted molar refractivity (Wildman–Crippen MR) is 95.8 cm³/mol. The van der Waals surface area contributed by atoms with Crippen molar-refractivity contribution in [2.24, 2.45) is 0 Å². The molecule has 0 aliphatic carbocycles. The van der Waals surface area contributed by atoms with Crippen LogP contribution in [0.5, 0.6) is 0 Å². The molecule has 0 unspecified atom stereocenters. The molecule has 0 saturated carbocycles. The van der Waals surface area contributed by atoms with E-state index in [2.05, 4.69) is 30.4 Å². The summed E-state index contributed by atoms with van der Waals surface area (Å²) in [6, 6.07) is 6.41. The van der Waals surface area contributed by atoms with Crippen LogP contribution >= 0.6 is 12.4 Å². The summed E-state index contributed by atoms with van der Waals surface area (Å²) in [7, 11) is 0. The third kappa shape index (κ3) is 3.48. The van der Waals surface area contributed by atoms with Crippen molar-refractivity contribution in [1.29, 1.82) is 0 Å². The minimum atomic E-state index is -0.466. The summed E-state index contributed by atoms with van der Waals surface area (Å²) < 4.78 is 5.61. The Morgan fingerprint density at radius 2 is 1.91 bits per heavy atom. The molecule has 3 rings (SSSR count). The van der Waals surface area contributed by atoms with E-state index in [-0.39, 0.29) is 23.9 Å². The van der Waals surface area contributed by atoms with Crippen molar-refractivity contribution < 1.29 is 9.53 Å². The van der Waals surface area contributed by atoms with Gasteiger partial charge in [-0.25, -0.2) is 4.79 Å². The number of hydrogen-bond acceptors (Lipinski definition) is 3. The highest BCUT2D eigenvalue weighted by Gasteiger charge is 2.46. The zero-order chi connectivity index (χ0) is 16.0. The monoisotopic (exact) mass is 338 g/mol. The average molecular weight is 339 g/mol. The number of carbonyl (C=O) groups is 1. The van der Waals surface area contributed by atoms with Crippen molar-refractivity contribution in [2.45, 2.75) is 51.6 Å². The molecule has 1 saturated heterocycles. The summed E-state index contributed by atoms with van der Waals surface area (Å²) in [5.74, 6) is 0. The Labute approximate surface area is 145 Å². The first-order valence-corrected chi connectivity index (χ1v) is 8.13. The Morgan fingerprint density at radius 1 is 1.26 bits per heavy atom. The van der Waals surface area contributed by atoms with Gasteiger partial charge in [0.1, 0.15) is 5.60 Å². The Bertz CT molecular complexity index is 589. The maximum atomic E-state index is 12.6. The second kappa shape index (κ2) is 6.33. The molecule has 128 valence electrons. The van der Waals surface area contributed by atoms with Crippen LogP contribution in [0.15, 0.2) is 18.2 Å². The van der Waals surface area contributed by atoms with E-state index < -0.39 is 5.60 Å². The Kier molecular flexibility index (Phi) is 4.97. The summed E-state index contributed by atoms with van der Waals surface area (Å²) in [5.41, 5.74) is 3.22. The van der Waals surface area contributed by atoms with Gasteiger partial charge < -0.3 is 10.1 Å². The first kappa shape index (κ1) is 18.1. The van der Waals surface area contributed by atoms with Gasteiger partial charge in [0.15, 0.2) is 0 Å². The lowest BCUT2D eigenvalue weighted by Gasteiger charge is -2.35. The van der Waals surface area contributed by atoms with E-state index in [4.69, 9.17) is 4.74 Å². The number of nitrogens with one attached hydrogen (secondary N) is 1. The molecule has 4 nitrogen and oxygen atoms in total. The number of anilines is 1. The number of ether oxygens (including phenoxy) is 1. The first-order chi connectivity index (χ1) is 10.3. The lowest BCUT2D eigenvalue weighted by molar-refractivity contribution is 0.0575. The molecule has 0 bridgehead atoms. The van der Waals surface area contributed by atoms with Crippen molar-refractivity contribution in [3.63, 3.8) is 0 Å². The summed E-state index contributed by atoms with van der Waals surface area (Å²) in [4.78, 5) is 14.5. The fraction of sp³-hybridized carbons (Fsp3) is 0.611. The second-order valence-corrected chi connectivity index (χ2v) is 7.62. The standard InChI is InChI=1S/C18H26N2O2.ClH/c1-13-5-6-15-14(11-13)18(7-9-19-10-8-18)12-20(15)16(21)22-17(2,3)4;/h5-6,11,19H,7-10,12H2,1-4H3;1H. The van der Waals surface area contributed by atoms with Gasteiger partial charge in [-0.05, 0) is 65.3 Å². The molecule has 23 heavy (non-hydrogen) atoms. The highest BCUT2D eigenvalue weighted by molar-refractivity contribution is 5.91. The predicted octanol–water partition coefficient (Wildman–Crippen LogP) is 3.79. The number of rotatable bonds is 0. The molecule has 0 atom stereocenters. The molecule has 2 heterocycles. The van der Waals surface area contributed by atoms with E-state index in [1.54, 1.807) is 0 Å². The maximum Gasteiger partial charge on any atom is 0.414 e. The van der Waals surface area contributed by atoms with E-state index in [9.17, 15) is 4.79 Å². The third-order valence-electron chi connectivity index (χ3n) is 4.65. The highest BCUT2D eigenvalue weighted by atomic mass is 35.5. The van der Waals surface area contributed by atoms with Gasteiger partial charge in [0.25, 0.3) is 0 Å². The average Bonchev–Trinajstić information content (AvgIpc) is 2.72.